The van der Waals surface area contributed by atoms with Crippen LogP contribution in [-0.4, -0.2) is 36.7 Å². The van der Waals surface area contributed by atoms with Gasteiger partial charge in [-0.15, -0.1) is 0 Å². The molecule has 0 aromatic heterocycles. The molecule has 2 heterocycles. The highest BCUT2D eigenvalue weighted by molar-refractivity contribution is 5.28. The standard InChI is InChI=1S/C15H19F3N2O/c16-15(17,18)11-3-1-2-10(6-11)14(7-19)20-8-12-4-5-13(9-20)21-12/h1-3,6,12-14H,4-5,7-9,19H2. The maximum Gasteiger partial charge on any atom is 0.416 e. The molecule has 0 saturated carbocycles. The predicted molar refractivity (Wildman–Crippen MR) is 72.7 cm³/mol. The average Bonchev–Trinajstić information content (AvgIpc) is 2.78. The Bertz CT molecular complexity index is 494. The third-order valence-electron chi connectivity index (χ3n) is 4.33. The first-order valence-corrected chi connectivity index (χ1v) is 7.24. The maximum atomic E-state index is 12.8. The fourth-order valence-corrected chi connectivity index (χ4v) is 3.32. The molecule has 1 aromatic rings. The van der Waals surface area contributed by atoms with Gasteiger partial charge in [0.25, 0.3) is 0 Å². The van der Waals surface area contributed by atoms with Gasteiger partial charge >= 0.3 is 6.18 Å². The maximum absolute atomic E-state index is 12.8. The van der Waals surface area contributed by atoms with Crippen LogP contribution in [0.4, 0.5) is 13.2 Å². The topological polar surface area (TPSA) is 38.5 Å². The summed E-state index contributed by atoms with van der Waals surface area (Å²) in [4.78, 5) is 2.17. The monoisotopic (exact) mass is 300 g/mol. The van der Waals surface area contributed by atoms with Gasteiger partial charge in [-0.2, -0.15) is 13.2 Å². The van der Waals surface area contributed by atoms with E-state index in [2.05, 4.69) is 4.90 Å². The highest BCUT2D eigenvalue weighted by atomic mass is 19.4. The van der Waals surface area contributed by atoms with E-state index in [4.69, 9.17) is 10.5 Å². The van der Waals surface area contributed by atoms with Gasteiger partial charge in [0.15, 0.2) is 0 Å². The molecular formula is C15H19F3N2O. The summed E-state index contributed by atoms with van der Waals surface area (Å²) in [6, 6.07) is 5.31. The number of morpholine rings is 1. The van der Waals surface area contributed by atoms with Crippen molar-refractivity contribution in [2.45, 2.75) is 37.3 Å². The Morgan fingerprint density at radius 2 is 1.90 bits per heavy atom. The van der Waals surface area contributed by atoms with Gasteiger partial charge in [-0.05, 0) is 30.5 Å². The van der Waals surface area contributed by atoms with Crippen LogP contribution in [0.3, 0.4) is 0 Å². The van der Waals surface area contributed by atoms with Crippen LogP contribution in [0.1, 0.15) is 30.0 Å². The van der Waals surface area contributed by atoms with E-state index in [1.807, 2.05) is 0 Å². The minimum absolute atomic E-state index is 0.181. The van der Waals surface area contributed by atoms with Gasteiger partial charge in [-0.1, -0.05) is 12.1 Å². The van der Waals surface area contributed by atoms with E-state index in [0.29, 0.717) is 12.1 Å². The molecular weight excluding hydrogens is 281 g/mol. The van der Waals surface area contributed by atoms with Crippen LogP contribution in [0, 0.1) is 0 Å². The summed E-state index contributed by atoms with van der Waals surface area (Å²) in [6.07, 6.45) is -1.87. The van der Waals surface area contributed by atoms with Crippen LogP contribution in [0.25, 0.3) is 0 Å². The van der Waals surface area contributed by atoms with Crippen LogP contribution in [0.2, 0.25) is 0 Å². The summed E-state index contributed by atoms with van der Waals surface area (Å²) in [7, 11) is 0. The smallest absolute Gasteiger partial charge is 0.372 e. The number of rotatable bonds is 3. The number of nitrogens with zero attached hydrogens (tertiary/aromatic N) is 1. The van der Waals surface area contributed by atoms with Crippen molar-refractivity contribution < 1.29 is 17.9 Å². The summed E-state index contributed by atoms with van der Waals surface area (Å²) in [5, 5.41) is 0. The molecule has 1 aromatic carbocycles. The first-order valence-electron chi connectivity index (χ1n) is 7.24. The van der Waals surface area contributed by atoms with Gasteiger partial charge in [-0.25, -0.2) is 0 Å². The summed E-state index contributed by atoms with van der Waals surface area (Å²) >= 11 is 0. The van der Waals surface area contributed by atoms with E-state index < -0.39 is 11.7 Å². The second-order valence-corrected chi connectivity index (χ2v) is 5.79. The van der Waals surface area contributed by atoms with Gasteiger partial charge in [0.2, 0.25) is 0 Å². The highest BCUT2D eigenvalue weighted by Gasteiger charge is 2.37. The molecule has 3 nitrogen and oxygen atoms in total. The lowest BCUT2D eigenvalue weighted by Gasteiger charge is -2.37. The van der Waals surface area contributed by atoms with E-state index in [0.717, 1.165) is 32.0 Å². The number of nitrogens with two attached hydrogens (primary N) is 1. The van der Waals surface area contributed by atoms with Crippen molar-refractivity contribution >= 4 is 0 Å². The average molecular weight is 300 g/mol. The van der Waals surface area contributed by atoms with Gasteiger partial charge in [-0.3, -0.25) is 4.90 Å². The number of likely N-dealkylation sites (tertiary alicyclic amines) is 1. The Morgan fingerprint density at radius 1 is 1.24 bits per heavy atom. The zero-order valence-corrected chi connectivity index (χ0v) is 11.6. The lowest BCUT2D eigenvalue weighted by molar-refractivity contribution is -0.137. The lowest BCUT2D eigenvalue weighted by Crippen LogP contribution is -2.46. The van der Waals surface area contributed by atoms with Crippen LogP contribution < -0.4 is 5.73 Å². The molecule has 0 radical (unpaired) electrons. The predicted octanol–water partition coefficient (Wildman–Crippen LogP) is 2.57. The number of hydrogen-bond donors (Lipinski definition) is 1. The van der Waals surface area contributed by atoms with Gasteiger partial charge in [0.05, 0.1) is 17.8 Å². The fraction of sp³-hybridized carbons (Fsp3) is 0.600. The van der Waals surface area contributed by atoms with Crippen LogP contribution in [-0.2, 0) is 10.9 Å². The van der Waals surface area contributed by atoms with Crippen molar-refractivity contribution in [3.05, 3.63) is 35.4 Å². The molecule has 2 aliphatic heterocycles. The molecule has 2 fully saturated rings. The van der Waals surface area contributed by atoms with Crippen molar-refractivity contribution in [2.75, 3.05) is 19.6 Å². The molecule has 0 amide bonds. The minimum atomic E-state index is -4.32. The van der Waals surface area contributed by atoms with Crippen molar-refractivity contribution in [1.29, 1.82) is 0 Å². The van der Waals surface area contributed by atoms with Crippen molar-refractivity contribution in [2.24, 2.45) is 5.73 Å². The minimum Gasteiger partial charge on any atom is -0.372 e. The third kappa shape index (κ3) is 3.07. The molecule has 3 rings (SSSR count). The number of benzene rings is 1. The second kappa shape index (κ2) is 5.59. The fourth-order valence-electron chi connectivity index (χ4n) is 3.32. The number of halogens is 3. The Labute approximate surface area is 121 Å². The summed E-state index contributed by atoms with van der Waals surface area (Å²) in [6.45, 7) is 1.80. The second-order valence-electron chi connectivity index (χ2n) is 5.79. The Kier molecular flexibility index (Phi) is 3.94. The molecule has 0 aliphatic carbocycles. The third-order valence-corrected chi connectivity index (χ3v) is 4.33. The molecule has 3 unspecified atom stereocenters. The van der Waals surface area contributed by atoms with E-state index in [-0.39, 0.29) is 18.2 Å². The van der Waals surface area contributed by atoms with Crippen molar-refractivity contribution in [1.82, 2.24) is 4.90 Å². The van der Waals surface area contributed by atoms with Crippen molar-refractivity contribution in [3.63, 3.8) is 0 Å². The highest BCUT2D eigenvalue weighted by Crippen LogP contribution is 2.34. The number of alkyl halides is 3. The normalized spacial score (nSPS) is 27.8. The Morgan fingerprint density at radius 3 is 2.48 bits per heavy atom. The molecule has 2 saturated heterocycles. The first-order chi connectivity index (χ1) is 9.97. The van der Waals surface area contributed by atoms with E-state index in [1.165, 1.54) is 12.1 Å². The molecule has 3 atom stereocenters. The summed E-state index contributed by atoms with van der Waals surface area (Å²) in [5.74, 6) is 0. The zero-order chi connectivity index (χ0) is 15.0. The van der Waals surface area contributed by atoms with Crippen LogP contribution >= 0.6 is 0 Å². The summed E-state index contributed by atoms with van der Waals surface area (Å²) in [5.41, 5.74) is 5.86. The Balaban J connectivity index is 1.83. The summed E-state index contributed by atoms with van der Waals surface area (Å²) < 4.78 is 44.3. The molecule has 2 N–H and O–H groups in total. The van der Waals surface area contributed by atoms with E-state index in [9.17, 15) is 13.2 Å². The number of ether oxygens (including phenoxy) is 1. The largest absolute Gasteiger partial charge is 0.416 e. The lowest BCUT2D eigenvalue weighted by atomic mass is 10.0. The van der Waals surface area contributed by atoms with Crippen molar-refractivity contribution in [3.8, 4) is 0 Å². The van der Waals surface area contributed by atoms with Gasteiger partial charge < -0.3 is 10.5 Å². The number of hydrogen-bond acceptors (Lipinski definition) is 3. The van der Waals surface area contributed by atoms with Crippen LogP contribution in [0.5, 0.6) is 0 Å². The number of fused-ring (bicyclic) bond motifs is 2. The zero-order valence-electron chi connectivity index (χ0n) is 11.6. The molecule has 21 heavy (non-hydrogen) atoms. The molecule has 2 bridgehead atoms. The van der Waals surface area contributed by atoms with E-state index in [1.54, 1.807) is 6.07 Å². The quantitative estimate of drug-likeness (QED) is 0.932. The Hall–Kier alpha value is -1.11. The van der Waals surface area contributed by atoms with Gasteiger partial charge in [0, 0.05) is 25.7 Å². The van der Waals surface area contributed by atoms with Gasteiger partial charge in [0.1, 0.15) is 0 Å². The van der Waals surface area contributed by atoms with E-state index >= 15 is 0 Å². The SMILES string of the molecule is NCC(c1cccc(C(F)(F)F)c1)N1CC2CCC(C1)O2. The molecule has 6 heteroatoms. The molecule has 2 aliphatic rings. The van der Waals surface area contributed by atoms with Crippen LogP contribution in [0.15, 0.2) is 24.3 Å². The molecule has 116 valence electrons. The first kappa shape index (κ1) is 14.8. The molecule has 0 spiro atoms.